The first-order valence-corrected chi connectivity index (χ1v) is 16.3. The molecule has 7 rings (SSSR count). The molecule has 1 saturated heterocycles. The number of nitrogens with one attached hydrogen (secondary N) is 2. The van der Waals surface area contributed by atoms with Crippen molar-refractivity contribution in [2.45, 2.75) is 32.5 Å². The van der Waals surface area contributed by atoms with Crippen molar-refractivity contribution in [2.75, 3.05) is 49.6 Å². The summed E-state index contributed by atoms with van der Waals surface area (Å²) in [5.74, 6) is -0.379. The van der Waals surface area contributed by atoms with Crippen LogP contribution in [0.1, 0.15) is 40.9 Å². The van der Waals surface area contributed by atoms with Gasteiger partial charge in [0.05, 0.1) is 40.7 Å². The summed E-state index contributed by atoms with van der Waals surface area (Å²) >= 11 is 6.12. The maximum absolute atomic E-state index is 14.2. The van der Waals surface area contributed by atoms with Crippen molar-refractivity contribution in [2.24, 2.45) is 0 Å². The number of rotatable bonds is 7. The molecule has 17 heteroatoms. The molecule has 50 heavy (non-hydrogen) atoms. The molecular weight excluding hydrogens is 679 g/mol. The van der Waals surface area contributed by atoms with Crippen LogP contribution in [0.25, 0.3) is 22.3 Å². The number of hydrogen-bond donors (Lipinski definition) is 2. The Labute approximate surface area is 287 Å². The monoisotopic (exact) mass is 709 g/mol. The molecule has 0 radical (unpaired) electrons. The number of pyridine rings is 1. The number of fused-ring (bicyclic) bond motifs is 2. The molecule has 2 aliphatic rings. The van der Waals surface area contributed by atoms with Crippen LogP contribution in [-0.4, -0.2) is 85.2 Å². The highest BCUT2D eigenvalue weighted by Gasteiger charge is 2.32. The average Bonchev–Trinajstić information content (AvgIpc) is 3.78. The van der Waals surface area contributed by atoms with Crippen LogP contribution >= 0.6 is 11.6 Å². The zero-order valence-electron chi connectivity index (χ0n) is 26.8. The highest BCUT2D eigenvalue weighted by atomic mass is 35.5. The Morgan fingerprint density at radius 2 is 1.92 bits per heavy atom. The number of piperazine rings is 1. The lowest BCUT2D eigenvalue weighted by Gasteiger charge is -2.36. The van der Waals surface area contributed by atoms with E-state index < -0.39 is 23.2 Å². The normalized spacial score (nSPS) is 15.5. The van der Waals surface area contributed by atoms with Gasteiger partial charge in [0, 0.05) is 44.0 Å². The number of H-pyrrole nitrogens is 1. The lowest BCUT2D eigenvalue weighted by molar-refractivity contribution is -0.137. The molecule has 1 aromatic carbocycles. The van der Waals surface area contributed by atoms with Gasteiger partial charge in [-0.05, 0) is 48.7 Å². The van der Waals surface area contributed by atoms with Gasteiger partial charge in [-0.15, -0.1) is 5.10 Å². The van der Waals surface area contributed by atoms with E-state index in [0.29, 0.717) is 80.7 Å². The van der Waals surface area contributed by atoms with Gasteiger partial charge in [0.25, 0.3) is 11.5 Å². The first-order chi connectivity index (χ1) is 24.0. The van der Waals surface area contributed by atoms with E-state index >= 15 is 0 Å². The average molecular weight is 710 g/mol. The third-order valence-electron chi connectivity index (χ3n) is 8.84. The Hall–Kier alpha value is -5.22. The van der Waals surface area contributed by atoms with E-state index in [1.807, 2.05) is 30.0 Å². The predicted molar refractivity (Wildman–Crippen MR) is 179 cm³/mol. The van der Waals surface area contributed by atoms with Crippen molar-refractivity contribution in [3.8, 4) is 0 Å². The van der Waals surface area contributed by atoms with E-state index in [0.717, 1.165) is 29.2 Å². The fourth-order valence-corrected chi connectivity index (χ4v) is 6.58. The van der Waals surface area contributed by atoms with Gasteiger partial charge in [-0.25, -0.2) is 4.98 Å². The molecule has 0 saturated carbocycles. The lowest BCUT2D eigenvalue weighted by atomic mass is 10.1. The standard InChI is InChI=1S/C33H31ClF3N9O4/c1-2-24-28(43-11-13-44(14-12-43)30(48)27-26-19(5-9-38-26)6-10-39-27)31(49)46-32(41-29(42-46)20-7-15-50-16-8-20)45(24)18-25(47)40-23-4-3-21(17-22(23)34)33(35,36)37/h3-7,9-10,17,38H,2,8,11-16,18H2,1H3,(H,40,47). The smallest absolute Gasteiger partial charge is 0.377 e. The number of anilines is 2. The van der Waals surface area contributed by atoms with Crippen LogP contribution in [0.3, 0.4) is 0 Å². The number of aromatic nitrogens is 6. The number of amides is 2. The Morgan fingerprint density at radius 3 is 2.62 bits per heavy atom. The van der Waals surface area contributed by atoms with Gasteiger partial charge in [-0.1, -0.05) is 24.6 Å². The maximum atomic E-state index is 14.2. The number of hydrogen-bond acceptors (Lipinski definition) is 8. The summed E-state index contributed by atoms with van der Waals surface area (Å²) in [6, 6.07) is 6.36. The predicted octanol–water partition coefficient (Wildman–Crippen LogP) is 4.41. The largest absolute Gasteiger partial charge is 0.416 e. The van der Waals surface area contributed by atoms with Gasteiger partial charge in [-0.2, -0.15) is 22.7 Å². The molecule has 0 aliphatic carbocycles. The van der Waals surface area contributed by atoms with Gasteiger partial charge < -0.3 is 29.4 Å². The Morgan fingerprint density at radius 1 is 1.12 bits per heavy atom. The topological polar surface area (TPSA) is 143 Å². The SMILES string of the molecule is CCc1c(N2CCN(C(=O)c3nccc4cc[nH]c34)CC2)c(=O)n2nc(C3=CCOCC3)nc2n1CC(=O)Nc1ccc(C(F)(F)F)cc1Cl. The van der Waals surface area contributed by atoms with E-state index in [-0.39, 0.29) is 28.9 Å². The minimum absolute atomic E-state index is 0.000148. The molecule has 13 nitrogen and oxygen atoms in total. The number of nitrogens with zero attached hydrogens (tertiary/aromatic N) is 7. The zero-order chi connectivity index (χ0) is 35.2. The van der Waals surface area contributed by atoms with Gasteiger partial charge in [0.1, 0.15) is 12.2 Å². The molecule has 5 aromatic rings. The molecule has 260 valence electrons. The summed E-state index contributed by atoms with van der Waals surface area (Å²) in [5.41, 5.74) is 1.21. The fraction of sp³-hybridized carbons (Fsp3) is 0.333. The summed E-state index contributed by atoms with van der Waals surface area (Å²) < 4.78 is 47.8. The van der Waals surface area contributed by atoms with E-state index in [1.165, 1.54) is 4.52 Å². The molecule has 6 heterocycles. The van der Waals surface area contributed by atoms with Crippen LogP contribution < -0.4 is 15.8 Å². The number of ether oxygens (including phenoxy) is 1. The number of halogens is 4. The van der Waals surface area contributed by atoms with E-state index in [9.17, 15) is 27.6 Å². The van der Waals surface area contributed by atoms with Crippen molar-refractivity contribution in [1.82, 2.24) is 34.0 Å². The van der Waals surface area contributed by atoms with Crippen LogP contribution in [0.2, 0.25) is 5.02 Å². The summed E-state index contributed by atoms with van der Waals surface area (Å²) in [6.45, 7) is 3.58. The minimum atomic E-state index is -4.60. The summed E-state index contributed by atoms with van der Waals surface area (Å²) in [5, 5.41) is 7.75. The number of carbonyl (C=O) groups is 2. The molecule has 0 unspecified atom stereocenters. The number of carbonyl (C=O) groups excluding carboxylic acids is 2. The zero-order valence-corrected chi connectivity index (χ0v) is 27.5. The van der Waals surface area contributed by atoms with Crippen molar-refractivity contribution >= 4 is 57.0 Å². The van der Waals surface area contributed by atoms with Gasteiger partial charge in [-0.3, -0.25) is 14.4 Å². The molecule has 2 amide bonds. The number of benzene rings is 1. The van der Waals surface area contributed by atoms with E-state index in [2.05, 4.69) is 25.4 Å². The van der Waals surface area contributed by atoms with Crippen LogP contribution in [0.4, 0.5) is 24.5 Å². The first kappa shape index (κ1) is 33.3. The Bertz CT molecular complexity index is 2220. The summed E-state index contributed by atoms with van der Waals surface area (Å²) in [7, 11) is 0. The van der Waals surface area contributed by atoms with Crippen molar-refractivity contribution in [3.63, 3.8) is 0 Å². The highest BCUT2D eigenvalue weighted by molar-refractivity contribution is 6.33. The van der Waals surface area contributed by atoms with Crippen molar-refractivity contribution in [3.05, 3.63) is 87.0 Å². The van der Waals surface area contributed by atoms with E-state index in [1.54, 1.807) is 21.9 Å². The number of aromatic amines is 1. The lowest BCUT2D eigenvalue weighted by Crippen LogP contribution is -2.51. The van der Waals surface area contributed by atoms with E-state index in [4.69, 9.17) is 16.3 Å². The van der Waals surface area contributed by atoms with Gasteiger partial charge >= 0.3 is 6.18 Å². The van der Waals surface area contributed by atoms with Gasteiger partial charge in [0.2, 0.25) is 11.7 Å². The fourth-order valence-electron chi connectivity index (χ4n) is 6.35. The Kier molecular flexibility index (Phi) is 8.82. The van der Waals surface area contributed by atoms with Crippen LogP contribution in [0.5, 0.6) is 0 Å². The number of alkyl halides is 3. The molecule has 1 fully saturated rings. The molecule has 2 N–H and O–H groups in total. The van der Waals surface area contributed by atoms with Gasteiger partial charge in [0.15, 0.2) is 11.5 Å². The van der Waals surface area contributed by atoms with Crippen molar-refractivity contribution in [1.29, 1.82) is 0 Å². The quantitative estimate of drug-likeness (QED) is 0.253. The molecule has 4 aromatic heterocycles. The summed E-state index contributed by atoms with van der Waals surface area (Å²) in [6.07, 6.45) is 1.44. The third kappa shape index (κ3) is 6.20. The first-order valence-electron chi connectivity index (χ1n) is 16.0. The second-order valence-corrected chi connectivity index (χ2v) is 12.3. The second kappa shape index (κ2) is 13.2. The van der Waals surface area contributed by atoms with Crippen LogP contribution in [0.15, 0.2) is 53.6 Å². The van der Waals surface area contributed by atoms with Crippen LogP contribution in [0, 0.1) is 0 Å². The third-order valence-corrected chi connectivity index (χ3v) is 9.16. The highest BCUT2D eigenvalue weighted by Crippen LogP contribution is 2.34. The maximum Gasteiger partial charge on any atom is 0.416 e. The summed E-state index contributed by atoms with van der Waals surface area (Å²) in [4.78, 5) is 56.8. The Balaban J connectivity index is 1.22. The van der Waals surface area contributed by atoms with Crippen LogP contribution in [-0.2, 0) is 28.7 Å². The van der Waals surface area contributed by atoms with Crippen molar-refractivity contribution < 1.29 is 27.5 Å². The molecule has 0 spiro atoms. The minimum Gasteiger partial charge on any atom is -0.377 e. The molecule has 0 atom stereocenters. The second-order valence-electron chi connectivity index (χ2n) is 11.9. The molecule has 0 bridgehead atoms. The molecule has 2 aliphatic heterocycles. The molecular formula is C33H31ClF3N9O4.